The first kappa shape index (κ1) is 34.1. The van der Waals surface area contributed by atoms with Crippen LogP contribution in [-0.4, -0.2) is 50.7 Å². The number of nitrogens with two attached hydrogens (primary N) is 1. The summed E-state index contributed by atoms with van der Waals surface area (Å²) >= 11 is 0. The second-order valence-corrected chi connectivity index (χ2v) is 12.4. The molecule has 256 valence electrons. The molecule has 50 heavy (non-hydrogen) atoms. The molecule has 0 saturated carbocycles. The number of fused-ring (bicyclic) bond motifs is 1. The number of aryl methyl sites for hydroxylation is 1. The van der Waals surface area contributed by atoms with Crippen LogP contribution >= 0.6 is 0 Å². The largest absolute Gasteiger partial charge is 0.497 e. The molecule has 0 bridgehead atoms. The Bertz CT molecular complexity index is 1990. The van der Waals surface area contributed by atoms with Gasteiger partial charge in [0.2, 0.25) is 0 Å². The van der Waals surface area contributed by atoms with Crippen LogP contribution in [0, 0.1) is 5.92 Å². The van der Waals surface area contributed by atoms with Crippen LogP contribution in [0.15, 0.2) is 115 Å². The van der Waals surface area contributed by atoms with E-state index < -0.39 is 17.4 Å². The summed E-state index contributed by atoms with van der Waals surface area (Å²) in [6.45, 7) is 2.43. The van der Waals surface area contributed by atoms with Gasteiger partial charge in [0.05, 0.1) is 37.6 Å². The molecule has 5 aromatic rings. The van der Waals surface area contributed by atoms with E-state index in [1.165, 1.54) is 0 Å². The van der Waals surface area contributed by atoms with Crippen molar-refractivity contribution in [2.45, 2.75) is 38.0 Å². The minimum Gasteiger partial charge on any atom is -0.497 e. The molecule has 1 aliphatic rings. The predicted octanol–water partition coefficient (Wildman–Crippen LogP) is 5.26. The van der Waals surface area contributed by atoms with Crippen LogP contribution in [0.3, 0.4) is 0 Å². The summed E-state index contributed by atoms with van der Waals surface area (Å²) in [6.07, 6.45) is 6.18. The Morgan fingerprint density at radius 3 is 2.56 bits per heavy atom. The van der Waals surface area contributed by atoms with E-state index in [2.05, 4.69) is 15.6 Å². The van der Waals surface area contributed by atoms with Gasteiger partial charge >= 0.3 is 0 Å². The van der Waals surface area contributed by atoms with Crippen molar-refractivity contribution in [1.29, 1.82) is 0 Å². The van der Waals surface area contributed by atoms with E-state index in [1.807, 2.05) is 73.8 Å². The van der Waals surface area contributed by atoms with Gasteiger partial charge in [-0.05, 0) is 72.1 Å². The van der Waals surface area contributed by atoms with Crippen LogP contribution in [-0.2, 0) is 23.5 Å². The molecule has 1 aliphatic heterocycles. The number of nitrogens with one attached hydrogen (secondary N) is 1. The summed E-state index contributed by atoms with van der Waals surface area (Å²) in [4.78, 5) is 28.5. The molecule has 0 radical (unpaired) electrons. The minimum atomic E-state index is -1.84. The fraction of sp³-hybridized carbons (Fsp3) is 0.231. The van der Waals surface area contributed by atoms with Crippen molar-refractivity contribution >= 4 is 28.9 Å². The number of ether oxygens (including phenoxy) is 1. The molecule has 1 unspecified atom stereocenters. The predicted molar refractivity (Wildman–Crippen MR) is 192 cm³/mol. The molecule has 0 saturated heterocycles. The van der Waals surface area contributed by atoms with E-state index in [0.29, 0.717) is 52.6 Å². The molecular weight excluding hydrogens is 632 g/mol. The van der Waals surface area contributed by atoms with Gasteiger partial charge in [0.25, 0.3) is 11.8 Å². The number of aliphatic hydroxyl groups is 2. The zero-order chi connectivity index (χ0) is 35.3. The Morgan fingerprint density at radius 1 is 1.04 bits per heavy atom. The molecule has 4 aromatic carbocycles. The van der Waals surface area contributed by atoms with E-state index in [1.54, 1.807) is 65.2 Å². The summed E-state index contributed by atoms with van der Waals surface area (Å²) in [5, 5.41) is 33.6. The lowest BCUT2D eigenvalue weighted by atomic mass is 9.83. The van der Waals surface area contributed by atoms with E-state index >= 15 is 0 Å². The van der Waals surface area contributed by atoms with Gasteiger partial charge in [-0.3, -0.25) is 14.3 Å². The molecule has 5 N–H and O–H groups in total. The number of nitrogen functional groups attached to an aromatic ring is 1. The Balaban J connectivity index is 1.16. The van der Waals surface area contributed by atoms with Crippen molar-refractivity contribution in [2.24, 2.45) is 5.92 Å². The third-order valence-corrected chi connectivity index (χ3v) is 9.08. The minimum absolute atomic E-state index is 0.0808. The molecule has 0 aliphatic carbocycles. The zero-order valence-corrected chi connectivity index (χ0v) is 27.9. The van der Waals surface area contributed by atoms with Crippen molar-refractivity contribution in [3.8, 4) is 5.75 Å². The SMILES string of the molecule is COc1ccc2c(c1)[C@@](O)([C@H](C)/C=C/CCn1cc(C(CO)c3ccccc3)nn1)C(=O)N2Cc1cccc(NC(=O)c2ccc(N)cc2)c1. The Hall–Kier alpha value is -5.78. The molecule has 2 amide bonds. The lowest BCUT2D eigenvalue weighted by Gasteiger charge is -2.28. The topological polar surface area (TPSA) is 156 Å². The molecule has 3 atom stereocenters. The van der Waals surface area contributed by atoms with Crippen molar-refractivity contribution in [3.63, 3.8) is 0 Å². The summed E-state index contributed by atoms with van der Waals surface area (Å²) in [5.74, 6) is -1.05. The quantitative estimate of drug-likeness (QED) is 0.0975. The van der Waals surface area contributed by atoms with Crippen LogP contribution in [0.2, 0.25) is 0 Å². The molecule has 1 aromatic heterocycles. The lowest BCUT2D eigenvalue weighted by molar-refractivity contribution is -0.139. The maximum atomic E-state index is 14.1. The van der Waals surface area contributed by atoms with Gasteiger partial charge in [-0.25, -0.2) is 0 Å². The maximum Gasteiger partial charge on any atom is 0.264 e. The van der Waals surface area contributed by atoms with Gasteiger partial charge in [0.15, 0.2) is 5.60 Å². The number of benzene rings is 4. The molecule has 0 spiro atoms. The number of nitrogens with zero attached hydrogens (tertiary/aromatic N) is 4. The number of rotatable bonds is 13. The Morgan fingerprint density at radius 2 is 1.82 bits per heavy atom. The number of hydrogen-bond donors (Lipinski definition) is 4. The fourth-order valence-electron chi connectivity index (χ4n) is 6.26. The molecular formula is C39H40N6O5. The van der Waals surface area contributed by atoms with Crippen molar-refractivity contribution < 1.29 is 24.5 Å². The number of carbonyl (C=O) groups excluding carboxylic acids is 2. The average molecular weight is 673 g/mol. The second-order valence-electron chi connectivity index (χ2n) is 12.4. The third-order valence-electron chi connectivity index (χ3n) is 9.08. The Labute approximate surface area is 290 Å². The van der Waals surface area contributed by atoms with Crippen LogP contribution in [0.25, 0.3) is 0 Å². The van der Waals surface area contributed by atoms with Crippen molar-refractivity contribution in [1.82, 2.24) is 15.0 Å². The maximum absolute atomic E-state index is 14.1. The van der Waals surface area contributed by atoms with Gasteiger partial charge in [0, 0.05) is 41.2 Å². The third kappa shape index (κ3) is 7.00. The molecule has 11 nitrogen and oxygen atoms in total. The highest BCUT2D eigenvalue weighted by molar-refractivity contribution is 6.07. The summed E-state index contributed by atoms with van der Waals surface area (Å²) in [7, 11) is 1.54. The number of methoxy groups -OCH3 is 1. The molecule has 6 rings (SSSR count). The monoisotopic (exact) mass is 672 g/mol. The van der Waals surface area contributed by atoms with Crippen molar-refractivity contribution in [2.75, 3.05) is 29.7 Å². The lowest BCUT2D eigenvalue weighted by Crippen LogP contribution is -2.44. The van der Waals surface area contributed by atoms with Crippen LogP contribution < -0.4 is 20.7 Å². The van der Waals surface area contributed by atoms with E-state index in [9.17, 15) is 19.8 Å². The first-order valence-corrected chi connectivity index (χ1v) is 16.4. The summed E-state index contributed by atoms with van der Waals surface area (Å²) in [5.41, 5.74) is 8.99. The van der Waals surface area contributed by atoms with Crippen LogP contribution in [0.5, 0.6) is 5.75 Å². The fourth-order valence-corrected chi connectivity index (χ4v) is 6.26. The van der Waals surface area contributed by atoms with Gasteiger partial charge < -0.3 is 30.9 Å². The average Bonchev–Trinajstić information content (AvgIpc) is 3.68. The van der Waals surface area contributed by atoms with Gasteiger partial charge in [-0.15, -0.1) is 5.10 Å². The Kier molecular flexibility index (Phi) is 10.1. The number of allylic oxidation sites excluding steroid dienone is 1. The first-order chi connectivity index (χ1) is 24.2. The number of anilines is 3. The van der Waals surface area contributed by atoms with Crippen molar-refractivity contribution in [3.05, 3.63) is 143 Å². The highest BCUT2D eigenvalue weighted by atomic mass is 16.5. The number of carbonyl (C=O) groups is 2. The number of hydrogen-bond acceptors (Lipinski definition) is 8. The number of aliphatic hydroxyl groups excluding tert-OH is 1. The number of aromatic nitrogens is 3. The van der Waals surface area contributed by atoms with Gasteiger partial charge in [0.1, 0.15) is 5.75 Å². The zero-order valence-electron chi connectivity index (χ0n) is 27.9. The van der Waals surface area contributed by atoms with Crippen LogP contribution in [0.1, 0.15) is 52.0 Å². The highest BCUT2D eigenvalue weighted by Gasteiger charge is 2.52. The van der Waals surface area contributed by atoms with E-state index in [-0.39, 0.29) is 25.0 Å². The van der Waals surface area contributed by atoms with E-state index in [4.69, 9.17) is 10.5 Å². The van der Waals surface area contributed by atoms with Gasteiger partial charge in [-0.2, -0.15) is 0 Å². The highest BCUT2D eigenvalue weighted by Crippen LogP contribution is 2.47. The normalized spacial score (nSPS) is 16.7. The summed E-state index contributed by atoms with van der Waals surface area (Å²) < 4.78 is 7.18. The van der Waals surface area contributed by atoms with E-state index in [0.717, 1.165) is 11.1 Å². The second kappa shape index (κ2) is 14.8. The van der Waals surface area contributed by atoms with Crippen LogP contribution in [0.4, 0.5) is 17.1 Å². The molecule has 11 heteroatoms. The smallest absolute Gasteiger partial charge is 0.264 e. The molecule has 2 heterocycles. The summed E-state index contributed by atoms with van der Waals surface area (Å²) in [6, 6.07) is 28.9. The van der Waals surface area contributed by atoms with Gasteiger partial charge in [-0.1, -0.05) is 66.8 Å². The standard InChI is InChI=1S/C39H40N6O5/c1-26(9-6-7-20-44-24-35(42-43-44)33(25-46)28-11-4-3-5-12-28)39(49)34-22-32(50-2)18-19-36(34)45(38(39)48)23-27-10-8-13-31(21-27)41-37(47)29-14-16-30(40)17-15-29/h3-6,8-19,21-22,24,26,33,46,49H,7,20,23,25,40H2,1-2H3,(H,41,47)/b9-6+/t26-,33?,39+/m1/s1. The molecule has 0 fully saturated rings. The first-order valence-electron chi connectivity index (χ1n) is 16.4. The number of amides is 2.